The van der Waals surface area contributed by atoms with Gasteiger partial charge in [-0.2, -0.15) is 5.26 Å². The summed E-state index contributed by atoms with van der Waals surface area (Å²) in [5, 5.41) is 12.0. The van der Waals surface area contributed by atoms with Gasteiger partial charge in [-0.1, -0.05) is 25.1 Å². The van der Waals surface area contributed by atoms with Crippen LogP contribution >= 0.6 is 0 Å². The summed E-state index contributed by atoms with van der Waals surface area (Å²) in [6.45, 7) is 7.44. The molecule has 0 aliphatic rings. The Morgan fingerprint density at radius 2 is 2.00 bits per heavy atom. The van der Waals surface area contributed by atoms with E-state index in [2.05, 4.69) is 11.4 Å². The van der Waals surface area contributed by atoms with Crippen molar-refractivity contribution in [2.45, 2.75) is 33.2 Å². The van der Waals surface area contributed by atoms with Gasteiger partial charge in [0, 0.05) is 6.42 Å². The number of nitriles is 1. The van der Waals surface area contributed by atoms with Crippen molar-refractivity contribution >= 4 is 0 Å². The minimum absolute atomic E-state index is 0.121. The fraction of sp³-hybridized carbons (Fsp3) is 0.500. The van der Waals surface area contributed by atoms with Crippen molar-refractivity contribution in [1.82, 2.24) is 5.32 Å². The summed E-state index contributed by atoms with van der Waals surface area (Å²) in [5.74, 6) is 0.945. The molecule has 0 saturated carbocycles. The summed E-state index contributed by atoms with van der Waals surface area (Å²) >= 11 is 0. The van der Waals surface area contributed by atoms with Crippen LogP contribution in [0.15, 0.2) is 18.2 Å². The SMILES string of the molecule is CCNC(C#N)CCOc1c(C)cccc1C. The normalized spacial score (nSPS) is 11.9. The average Bonchev–Trinajstić information content (AvgIpc) is 2.31. The highest BCUT2D eigenvalue weighted by molar-refractivity contribution is 5.39. The predicted molar refractivity (Wildman–Crippen MR) is 69.1 cm³/mol. The molecular formula is C14H20N2O. The first-order valence-electron chi connectivity index (χ1n) is 6.01. The van der Waals surface area contributed by atoms with Crippen molar-refractivity contribution in [2.24, 2.45) is 0 Å². The second kappa shape index (κ2) is 6.93. The number of hydrogen-bond acceptors (Lipinski definition) is 3. The van der Waals surface area contributed by atoms with Crippen molar-refractivity contribution in [3.63, 3.8) is 0 Å². The van der Waals surface area contributed by atoms with Gasteiger partial charge < -0.3 is 10.1 Å². The van der Waals surface area contributed by atoms with Gasteiger partial charge in [0.25, 0.3) is 0 Å². The molecule has 0 fully saturated rings. The van der Waals surface area contributed by atoms with Gasteiger partial charge in [-0.3, -0.25) is 0 Å². The number of nitrogens with zero attached hydrogens (tertiary/aromatic N) is 1. The van der Waals surface area contributed by atoms with E-state index >= 15 is 0 Å². The van der Waals surface area contributed by atoms with Crippen LogP contribution in [0.1, 0.15) is 24.5 Å². The molecule has 3 nitrogen and oxygen atoms in total. The van der Waals surface area contributed by atoms with Crippen LogP contribution < -0.4 is 10.1 Å². The Kier molecular flexibility index (Phi) is 5.51. The zero-order chi connectivity index (χ0) is 12.7. The summed E-state index contributed by atoms with van der Waals surface area (Å²) in [6.07, 6.45) is 0.706. The van der Waals surface area contributed by atoms with Crippen molar-refractivity contribution < 1.29 is 4.74 Å². The van der Waals surface area contributed by atoms with Gasteiger partial charge in [-0.05, 0) is 31.5 Å². The van der Waals surface area contributed by atoms with Crippen LogP contribution in [0, 0.1) is 25.2 Å². The zero-order valence-electron chi connectivity index (χ0n) is 10.8. The highest BCUT2D eigenvalue weighted by Crippen LogP contribution is 2.22. The van der Waals surface area contributed by atoms with Crippen LogP contribution in [0.25, 0.3) is 0 Å². The molecule has 1 rings (SSSR count). The maximum Gasteiger partial charge on any atom is 0.125 e. The Balaban J connectivity index is 2.48. The van der Waals surface area contributed by atoms with Crippen LogP contribution in [0.3, 0.4) is 0 Å². The van der Waals surface area contributed by atoms with E-state index in [1.165, 1.54) is 0 Å². The molecule has 1 N–H and O–H groups in total. The van der Waals surface area contributed by atoms with Crippen molar-refractivity contribution in [1.29, 1.82) is 5.26 Å². The summed E-state index contributed by atoms with van der Waals surface area (Å²) in [5.41, 5.74) is 2.28. The molecule has 1 aromatic rings. The molecule has 1 unspecified atom stereocenters. The molecule has 0 spiro atoms. The molecule has 0 bridgehead atoms. The third kappa shape index (κ3) is 4.08. The predicted octanol–water partition coefficient (Wildman–Crippen LogP) is 2.57. The number of nitrogens with one attached hydrogen (secondary N) is 1. The van der Waals surface area contributed by atoms with Gasteiger partial charge in [-0.25, -0.2) is 0 Å². The lowest BCUT2D eigenvalue weighted by atomic mass is 10.1. The maximum absolute atomic E-state index is 8.90. The number of aryl methyl sites for hydroxylation is 2. The van der Waals surface area contributed by atoms with E-state index in [0.717, 1.165) is 23.4 Å². The van der Waals surface area contributed by atoms with Crippen molar-refractivity contribution in [3.8, 4) is 11.8 Å². The molecule has 3 heteroatoms. The molecular weight excluding hydrogens is 212 g/mol. The first-order valence-corrected chi connectivity index (χ1v) is 6.01. The lowest BCUT2D eigenvalue weighted by Crippen LogP contribution is -2.28. The molecule has 0 amide bonds. The maximum atomic E-state index is 8.90. The fourth-order valence-electron chi connectivity index (χ4n) is 1.76. The minimum Gasteiger partial charge on any atom is -0.493 e. The third-order valence-electron chi connectivity index (χ3n) is 2.67. The number of hydrogen-bond donors (Lipinski definition) is 1. The van der Waals surface area contributed by atoms with E-state index < -0.39 is 0 Å². The first-order chi connectivity index (χ1) is 8.19. The Morgan fingerprint density at radius 1 is 1.35 bits per heavy atom. The quantitative estimate of drug-likeness (QED) is 0.820. The standard InChI is InChI=1S/C14H20N2O/c1-4-16-13(10-15)8-9-17-14-11(2)6-5-7-12(14)3/h5-7,13,16H,4,8-9H2,1-3H3. The minimum atomic E-state index is -0.121. The largest absolute Gasteiger partial charge is 0.493 e. The van der Waals surface area contributed by atoms with Crippen molar-refractivity contribution in [2.75, 3.05) is 13.2 Å². The van der Waals surface area contributed by atoms with Crippen LogP contribution in [-0.4, -0.2) is 19.2 Å². The molecule has 1 aromatic carbocycles. The topological polar surface area (TPSA) is 45.0 Å². The lowest BCUT2D eigenvalue weighted by molar-refractivity contribution is 0.295. The van der Waals surface area contributed by atoms with Crippen LogP contribution in [0.5, 0.6) is 5.75 Å². The second-order valence-electron chi connectivity index (χ2n) is 4.10. The molecule has 0 aliphatic carbocycles. The molecule has 0 radical (unpaired) electrons. The molecule has 92 valence electrons. The first kappa shape index (κ1) is 13.5. The van der Waals surface area contributed by atoms with Gasteiger partial charge in [0.1, 0.15) is 5.75 Å². The summed E-state index contributed by atoms with van der Waals surface area (Å²) in [6, 6.07) is 8.20. The van der Waals surface area contributed by atoms with Gasteiger partial charge in [0.15, 0.2) is 0 Å². The fourth-order valence-corrected chi connectivity index (χ4v) is 1.76. The van der Waals surface area contributed by atoms with E-state index in [-0.39, 0.29) is 6.04 Å². The molecule has 0 aliphatic heterocycles. The van der Waals surface area contributed by atoms with E-state index in [0.29, 0.717) is 13.0 Å². The van der Waals surface area contributed by atoms with E-state index in [1.54, 1.807) is 0 Å². The van der Waals surface area contributed by atoms with Crippen LogP contribution in [-0.2, 0) is 0 Å². The lowest BCUT2D eigenvalue weighted by Gasteiger charge is -2.14. The van der Waals surface area contributed by atoms with Crippen LogP contribution in [0.2, 0.25) is 0 Å². The molecule has 0 saturated heterocycles. The van der Waals surface area contributed by atoms with Crippen LogP contribution in [0.4, 0.5) is 0 Å². The summed E-state index contributed by atoms with van der Waals surface area (Å²) in [7, 11) is 0. The monoisotopic (exact) mass is 232 g/mol. The highest BCUT2D eigenvalue weighted by Gasteiger charge is 2.07. The van der Waals surface area contributed by atoms with Crippen molar-refractivity contribution in [3.05, 3.63) is 29.3 Å². The Bertz CT molecular complexity index is 375. The smallest absolute Gasteiger partial charge is 0.125 e. The zero-order valence-corrected chi connectivity index (χ0v) is 10.8. The van der Waals surface area contributed by atoms with Gasteiger partial charge in [0.05, 0.1) is 18.7 Å². The van der Waals surface area contributed by atoms with E-state index in [1.807, 2.05) is 39.0 Å². The number of ether oxygens (including phenoxy) is 1. The molecule has 0 heterocycles. The third-order valence-corrected chi connectivity index (χ3v) is 2.67. The Morgan fingerprint density at radius 3 is 2.53 bits per heavy atom. The molecule has 0 aromatic heterocycles. The Labute approximate surface area is 103 Å². The second-order valence-corrected chi connectivity index (χ2v) is 4.10. The number of para-hydroxylation sites is 1. The highest BCUT2D eigenvalue weighted by atomic mass is 16.5. The summed E-state index contributed by atoms with van der Waals surface area (Å²) in [4.78, 5) is 0. The molecule has 1 atom stereocenters. The summed E-state index contributed by atoms with van der Waals surface area (Å²) < 4.78 is 5.76. The van der Waals surface area contributed by atoms with Gasteiger partial charge in [0.2, 0.25) is 0 Å². The number of benzene rings is 1. The van der Waals surface area contributed by atoms with Gasteiger partial charge in [-0.15, -0.1) is 0 Å². The number of rotatable bonds is 6. The van der Waals surface area contributed by atoms with E-state index in [9.17, 15) is 0 Å². The van der Waals surface area contributed by atoms with E-state index in [4.69, 9.17) is 10.00 Å². The van der Waals surface area contributed by atoms with Gasteiger partial charge >= 0.3 is 0 Å². The molecule has 17 heavy (non-hydrogen) atoms. The average molecular weight is 232 g/mol. The Hall–Kier alpha value is -1.53.